The minimum absolute atomic E-state index is 0.227. The molecule has 27 heavy (non-hydrogen) atoms. The standard InChI is InChI=1S/C22H18N2O3/c1-15-11-12-23-20(13-15)24-22(25)21-18(14-26-16-7-3-2-4-8-16)17-9-5-6-10-19(17)27-21/h2-13H,14H2,1H3,(H,23,24,25). The zero-order valence-corrected chi connectivity index (χ0v) is 14.8. The minimum atomic E-state index is -0.351. The number of para-hydroxylation sites is 2. The van der Waals surface area contributed by atoms with E-state index in [4.69, 9.17) is 9.15 Å². The van der Waals surface area contributed by atoms with Crippen molar-refractivity contribution < 1.29 is 13.9 Å². The molecular weight excluding hydrogens is 340 g/mol. The van der Waals surface area contributed by atoms with Crippen molar-refractivity contribution in [2.24, 2.45) is 0 Å². The highest BCUT2D eigenvalue weighted by Gasteiger charge is 2.21. The Morgan fingerprint density at radius 1 is 1.07 bits per heavy atom. The van der Waals surface area contributed by atoms with E-state index in [1.54, 1.807) is 12.3 Å². The van der Waals surface area contributed by atoms with Crippen LogP contribution in [0.2, 0.25) is 0 Å². The third-order valence-corrected chi connectivity index (χ3v) is 4.19. The van der Waals surface area contributed by atoms with Crippen molar-refractivity contribution in [3.8, 4) is 5.75 Å². The maximum Gasteiger partial charge on any atom is 0.292 e. The van der Waals surface area contributed by atoms with Gasteiger partial charge in [0, 0.05) is 17.1 Å². The first kappa shape index (κ1) is 16.8. The molecule has 0 atom stereocenters. The van der Waals surface area contributed by atoms with E-state index in [2.05, 4.69) is 10.3 Å². The average molecular weight is 358 g/mol. The molecule has 0 fully saturated rings. The van der Waals surface area contributed by atoms with Gasteiger partial charge in [0.2, 0.25) is 0 Å². The molecule has 1 amide bonds. The molecular formula is C22H18N2O3. The topological polar surface area (TPSA) is 64.4 Å². The molecule has 0 aliphatic carbocycles. The van der Waals surface area contributed by atoms with Gasteiger partial charge in [-0.25, -0.2) is 4.98 Å². The molecule has 2 heterocycles. The second-order valence-corrected chi connectivity index (χ2v) is 6.18. The van der Waals surface area contributed by atoms with Crippen LogP contribution in [0.5, 0.6) is 5.75 Å². The Bertz CT molecular complexity index is 1090. The fourth-order valence-electron chi connectivity index (χ4n) is 2.88. The number of carbonyl (C=O) groups is 1. The summed E-state index contributed by atoms with van der Waals surface area (Å²) in [5, 5.41) is 3.66. The molecule has 2 aromatic heterocycles. The molecule has 0 bridgehead atoms. The van der Waals surface area contributed by atoms with Crippen LogP contribution in [-0.2, 0) is 6.61 Å². The summed E-state index contributed by atoms with van der Waals surface area (Å²) in [6, 6.07) is 20.7. The van der Waals surface area contributed by atoms with Gasteiger partial charge in [0.25, 0.3) is 5.91 Å². The zero-order chi connectivity index (χ0) is 18.6. The van der Waals surface area contributed by atoms with E-state index in [0.29, 0.717) is 17.0 Å². The number of aromatic nitrogens is 1. The van der Waals surface area contributed by atoms with Crippen LogP contribution >= 0.6 is 0 Å². The SMILES string of the molecule is Cc1ccnc(NC(=O)c2oc3ccccc3c2COc2ccccc2)c1. The van der Waals surface area contributed by atoms with Crippen LogP contribution in [0.25, 0.3) is 11.0 Å². The van der Waals surface area contributed by atoms with Gasteiger partial charge in [-0.2, -0.15) is 0 Å². The Labute approximate surface area is 156 Å². The highest BCUT2D eigenvalue weighted by atomic mass is 16.5. The molecule has 5 heteroatoms. The Morgan fingerprint density at radius 3 is 2.67 bits per heavy atom. The van der Waals surface area contributed by atoms with Gasteiger partial charge >= 0.3 is 0 Å². The van der Waals surface area contributed by atoms with E-state index in [1.807, 2.05) is 67.6 Å². The van der Waals surface area contributed by atoms with Crippen LogP contribution in [0.3, 0.4) is 0 Å². The number of pyridine rings is 1. The maximum absolute atomic E-state index is 12.8. The van der Waals surface area contributed by atoms with Crippen LogP contribution in [-0.4, -0.2) is 10.9 Å². The molecule has 0 aliphatic rings. The zero-order valence-electron chi connectivity index (χ0n) is 14.8. The van der Waals surface area contributed by atoms with Crippen molar-refractivity contribution in [3.63, 3.8) is 0 Å². The lowest BCUT2D eigenvalue weighted by Gasteiger charge is -2.07. The number of nitrogens with zero attached hydrogens (tertiary/aromatic N) is 1. The van der Waals surface area contributed by atoms with E-state index in [9.17, 15) is 4.79 Å². The highest BCUT2D eigenvalue weighted by Crippen LogP contribution is 2.28. The minimum Gasteiger partial charge on any atom is -0.489 e. The number of amides is 1. The summed E-state index contributed by atoms with van der Waals surface area (Å²) in [7, 11) is 0. The first-order chi connectivity index (χ1) is 13.2. The molecule has 4 rings (SSSR count). The van der Waals surface area contributed by atoms with E-state index in [1.165, 1.54) is 0 Å². The lowest BCUT2D eigenvalue weighted by molar-refractivity contribution is 0.0995. The Morgan fingerprint density at radius 2 is 1.85 bits per heavy atom. The molecule has 0 radical (unpaired) electrons. The summed E-state index contributed by atoms with van der Waals surface area (Å²) >= 11 is 0. The van der Waals surface area contributed by atoms with Gasteiger partial charge in [0.05, 0.1) is 0 Å². The summed E-state index contributed by atoms with van der Waals surface area (Å²) in [5.74, 6) is 1.09. The Kier molecular flexibility index (Phi) is 4.58. The molecule has 0 unspecified atom stereocenters. The van der Waals surface area contributed by atoms with Crippen LogP contribution in [0, 0.1) is 6.92 Å². The van der Waals surface area contributed by atoms with Crippen molar-refractivity contribution in [3.05, 3.63) is 89.8 Å². The summed E-state index contributed by atoms with van der Waals surface area (Å²) in [6.45, 7) is 2.17. The number of carbonyl (C=O) groups excluding carboxylic acids is 1. The number of fused-ring (bicyclic) bond motifs is 1. The number of rotatable bonds is 5. The van der Waals surface area contributed by atoms with Crippen molar-refractivity contribution in [1.29, 1.82) is 0 Å². The second kappa shape index (κ2) is 7.33. The first-order valence-corrected chi connectivity index (χ1v) is 8.63. The van der Waals surface area contributed by atoms with E-state index < -0.39 is 0 Å². The van der Waals surface area contributed by atoms with Crippen LogP contribution in [0.15, 0.2) is 77.3 Å². The molecule has 2 aromatic carbocycles. The molecule has 0 saturated heterocycles. The molecule has 0 spiro atoms. The first-order valence-electron chi connectivity index (χ1n) is 8.63. The number of nitrogens with one attached hydrogen (secondary N) is 1. The van der Waals surface area contributed by atoms with Crippen molar-refractivity contribution in [1.82, 2.24) is 4.98 Å². The monoisotopic (exact) mass is 358 g/mol. The molecule has 0 aliphatic heterocycles. The number of anilines is 1. The van der Waals surface area contributed by atoms with Crippen LogP contribution in [0.1, 0.15) is 21.7 Å². The Balaban J connectivity index is 1.65. The lowest BCUT2D eigenvalue weighted by Crippen LogP contribution is -2.14. The molecule has 134 valence electrons. The smallest absolute Gasteiger partial charge is 0.292 e. The average Bonchev–Trinajstić information content (AvgIpc) is 3.06. The number of benzene rings is 2. The van der Waals surface area contributed by atoms with E-state index in [-0.39, 0.29) is 18.3 Å². The van der Waals surface area contributed by atoms with Crippen molar-refractivity contribution >= 4 is 22.7 Å². The third-order valence-electron chi connectivity index (χ3n) is 4.19. The lowest BCUT2D eigenvalue weighted by atomic mass is 10.1. The number of aryl methyl sites for hydroxylation is 1. The van der Waals surface area contributed by atoms with Crippen molar-refractivity contribution in [2.45, 2.75) is 13.5 Å². The van der Waals surface area contributed by atoms with Gasteiger partial charge in [0.15, 0.2) is 5.76 Å². The summed E-state index contributed by atoms with van der Waals surface area (Å²) in [4.78, 5) is 17.0. The van der Waals surface area contributed by atoms with Crippen LogP contribution in [0.4, 0.5) is 5.82 Å². The van der Waals surface area contributed by atoms with Crippen molar-refractivity contribution in [2.75, 3.05) is 5.32 Å². The quantitative estimate of drug-likeness (QED) is 0.547. The Hall–Kier alpha value is -3.60. The highest BCUT2D eigenvalue weighted by molar-refractivity contribution is 6.06. The normalized spacial score (nSPS) is 10.7. The number of hydrogen-bond donors (Lipinski definition) is 1. The summed E-state index contributed by atoms with van der Waals surface area (Å²) in [5.41, 5.74) is 2.36. The fraction of sp³-hybridized carbons (Fsp3) is 0.0909. The van der Waals surface area contributed by atoms with Gasteiger partial charge in [0.1, 0.15) is 23.8 Å². The summed E-state index contributed by atoms with van der Waals surface area (Å²) in [6.07, 6.45) is 1.66. The predicted octanol–water partition coefficient (Wildman–Crippen LogP) is 4.97. The van der Waals surface area contributed by atoms with Gasteiger partial charge in [-0.05, 0) is 42.8 Å². The van der Waals surface area contributed by atoms with E-state index in [0.717, 1.165) is 16.7 Å². The van der Waals surface area contributed by atoms with Gasteiger partial charge in [-0.3, -0.25) is 4.79 Å². The maximum atomic E-state index is 12.8. The third kappa shape index (κ3) is 3.67. The number of hydrogen-bond acceptors (Lipinski definition) is 4. The van der Waals surface area contributed by atoms with E-state index >= 15 is 0 Å². The van der Waals surface area contributed by atoms with Gasteiger partial charge < -0.3 is 14.5 Å². The molecule has 1 N–H and O–H groups in total. The molecule has 4 aromatic rings. The number of furan rings is 1. The van der Waals surface area contributed by atoms with Gasteiger partial charge in [-0.1, -0.05) is 36.4 Å². The fourth-order valence-corrected chi connectivity index (χ4v) is 2.88. The molecule has 5 nitrogen and oxygen atoms in total. The number of ether oxygens (including phenoxy) is 1. The summed E-state index contributed by atoms with van der Waals surface area (Å²) < 4.78 is 11.7. The largest absolute Gasteiger partial charge is 0.489 e. The van der Waals surface area contributed by atoms with Crippen LogP contribution < -0.4 is 10.1 Å². The predicted molar refractivity (Wildman–Crippen MR) is 104 cm³/mol. The second-order valence-electron chi connectivity index (χ2n) is 6.18. The molecule has 0 saturated carbocycles. The van der Waals surface area contributed by atoms with Gasteiger partial charge in [-0.15, -0.1) is 0 Å².